The van der Waals surface area contributed by atoms with E-state index in [0.29, 0.717) is 12.1 Å². The molecule has 20 heavy (non-hydrogen) atoms. The van der Waals surface area contributed by atoms with E-state index >= 15 is 0 Å². The van der Waals surface area contributed by atoms with Crippen molar-refractivity contribution in [2.24, 2.45) is 0 Å². The molecule has 0 saturated carbocycles. The summed E-state index contributed by atoms with van der Waals surface area (Å²) >= 11 is 0. The Labute approximate surface area is 117 Å². The van der Waals surface area contributed by atoms with Gasteiger partial charge in [0, 0.05) is 12.1 Å². The fraction of sp³-hybridized carbons (Fsp3) is 0.467. The quantitative estimate of drug-likeness (QED) is 0.877. The van der Waals surface area contributed by atoms with Crippen molar-refractivity contribution in [3.05, 3.63) is 34.9 Å². The van der Waals surface area contributed by atoms with Gasteiger partial charge in [0.25, 0.3) is 5.91 Å². The molecule has 1 amide bonds. The molecule has 5 nitrogen and oxygen atoms in total. The fourth-order valence-corrected chi connectivity index (χ4v) is 2.87. The molecule has 1 aromatic carbocycles. The number of amides is 1. The highest BCUT2D eigenvalue weighted by Crippen LogP contribution is 2.23. The monoisotopic (exact) mass is 275 g/mol. The number of morpholine rings is 1. The number of fused-ring (bicyclic) bond motifs is 1. The number of benzene rings is 1. The summed E-state index contributed by atoms with van der Waals surface area (Å²) in [5.74, 6) is -1.12. The maximum atomic E-state index is 12.4. The number of ether oxygens (including phenoxy) is 1. The predicted molar refractivity (Wildman–Crippen MR) is 71.7 cm³/mol. The molecule has 0 bridgehead atoms. The highest BCUT2D eigenvalue weighted by atomic mass is 16.5. The highest BCUT2D eigenvalue weighted by molar-refractivity contribution is 5.95. The third-order valence-corrected chi connectivity index (χ3v) is 3.97. The van der Waals surface area contributed by atoms with E-state index in [0.717, 1.165) is 19.3 Å². The molecule has 1 aliphatic carbocycles. The Morgan fingerprint density at radius 3 is 2.85 bits per heavy atom. The van der Waals surface area contributed by atoms with Crippen molar-refractivity contribution in [1.29, 1.82) is 0 Å². The summed E-state index contributed by atoms with van der Waals surface area (Å²) in [6, 6.07) is 5.82. The minimum absolute atomic E-state index is 0.103. The Balaban J connectivity index is 1.76. The lowest BCUT2D eigenvalue weighted by molar-refractivity contribution is -0.154. The molecule has 0 spiro atoms. The van der Waals surface area contributed by atoms with Crippen LogP contribution in [-0.4, -0.2) is 47.7 Å². The van der Waals surface area contributed by atoms with Gasteiger partial charge < -0.3 is 14.7 Å². The first-order valence-corrected chi connectivity index (χ1v) is 6.90. The van der Waals surface area contributed by atoms with Gasteiger partial charge in [-0.05, 0) is 42.5 Å². The summed E-state index contributed by atoms with van der Waals surface area (Å²) in [6.07, 6.45) is 2.34. The van der Waals surface area contributed by atoms with Gasteiger partial charge in [-0.2, -0.15) is 0 Å². The van der Waals surface area contributed by atoms with Crippen molar-refractivity contribution in [3.8, 4) is 0 Å². The smallest absolute Gasteiger partial charge is 0.334 e. The molecule has 1 N–H and O–H groups in total. The van der Waals surface area contributed by atoms with E-state index in [-0.39, 0.29) is 19.1 Å². The van der Waals surface area contributed by atoms with Crippen LogP contribution in [0.5, 0.6) is 0 Å². The molecule has 5 heteroatoms. The number of hydrogen-bond donors (Lipinski definition) is 1. The molecule has 0 radical (unpaired) electrons. The molecule has 1 heterocycles. The van der Waals surface area contributed by atoms with Crippen LogP contribution in [0.2, 0.25) is 0 Å². The number of carbonyl (C=O) groups is 2. The molecule has 1 fully saturated rings. The lowest BCUT2D eigenvalue weighted by atomic mass is 10.1. The predicted octanol–water partition coefficient (Wildman–Crippen LogP) is 1.10. The maximum Gasteiger partial charge on any atom is 0.334 e. The average molecular weight is 275 g/mol. The Hall–Kier alpha value is -1.88. The Morgan fingerprint density at radius 1 is 1.25 bits per heavy atom. The van der Waals surface area contributed by atoms with Crippen LogP contribution in [0.3, 0.4) is 0 Å². The van der Waals surface area contributed by atoms with Crippen LogP contribution in [0.1, 0.15) is 27.9 Å². The zero-order chi connectivity index (χ0) is 14.1. The molecular formula is C15H17NO4. The molecule has 1 saturated heterocycles. The van der Waals surface area contributed by atoms with Crippen LogP contribution in [-0.2, 0) is 22.4 Å². The van der Waals surface area contributed by atoms with Crippen LogP contribution < -0.4 is 0 Å². The molecule has 106 valence electrons. The first kappa shape index (κ1) is 13.1. The van der Waals surface area contributed by atoms with Crippen molar-refractivity contribution in [2.45, 2.75) is 25.4 Å². The second-order valence-electron chi connectivity index (χ2n) is 5.29. The normalized spacial score (nSPS) is 21.6. The van der Waals surface area contributed by atoms with Gasteiger partial charge in [0.2, 0.25) is 0 Å². The third-order valence-electron chi connectivity index (χ3n) is 3.97. The van der Waals surface area contributed by atoms with Gasteiger partial charge in [-0.1, -0.05) is 6.07 Å². The number of nitrogens with zero attached hydrogens (tertiary/aromatic N) is 1. The van der Waals surface area contributed by atoms with Crippen LogP contribution in [0.15, 0.2) is 18.2 Å². The summed E-state index contributed by atoms with van der Waals surface area (Å²) in [5.41, 5.74) is 3.22. The third kappa shape index (κ3) is 2.41. The van der Waals surface area contributed by atoms with Crippen LogP contribution in [0.4, 0.5) is 0 Å². The van der Waals surface area contributed by atoms with Gasteiger partial charge in [-0.3, -0.25) is 4.79 Å². The van der Waals surface area contributed by atoms with E-state index in [1.165, 1.54) is 11.1 Å². The number of aryl methyl sites for hydroxylation is 2. The van der Waals surface area contributed by atoms with Crippen LogP contribution >= 0.6 is 0 Å². The van der Waals surface area contributed by atoms with E-state index < -0.39 is 12.1 Å². The SMILES string of the molecule is O=C(O)C1CN(C(=O)c2ccc3c(c2)CCC3)CCO1. The lowest BCUT2D eigenvalue weighted by Gasteiger charge is -2.31. The minimum Gasteiger partial charge on any atom is -0.479 e. The summed E-state index contributed by atoms with van der Waals surface area (Å²) in [6.45, 7) is 0.832. The molecule has 1 unspecified atom stereocenters. The molecular weight excluding hydrogens is 258 g/mol. The Bertz CT molecular complexity index is 555. The van der Waals surface area contributed by atoms with Crippen LogP contribution in [0.25, 0.3) is 0 Å². The Morgan fingerprint density at radius 2 is 2.05 bits per heavy atom. The van der Waals surface area contributed by atoms with Crippen LogP contribution in [0, 0.1) is 0 Å². The van der Waals surface area contributed by atoms with Crippen molar-refractivity contribution in [1.82, 2.24) is 4.90 Å². The number of hydrogen-bond acceptors (Lipinski definition) is 3. The van der Waals surface area contributed by atoms with E-state index in [1.54, 1.807) is 4.90 Å². The maximum absolute atomic E-state index is 12.4. The topological polar surface area (TPSA) is 66.8 Å². The standard InChI is InChI=1S/C15H17NO4/c17-14(16-6-7-20-13(9-16)15(18)19)12-5-4-10-2-1-3-11(10)8-12/h4-5,8,13H,1-3,6-7,9H2,(H,18,19). The van der Waals surface area contributed by atoms with E-state index in [2.05, 4.69) is 0 Å². The number of rotatable bonds is 2. The molecule has 1 atom stereocenters. The van der Waals surface area contributed by atoms with E-state index in [1.807, 2.05) is 18.2 Å². The zero-order valence-electron chi connectivity index (χ0n) is 11.2. The largest absolute Gasteiger partial charge is 0.479 e. The van der Waals surface area contributed by atoms with Crippen molar-refractivity contribution in [3.63, 3.8) is 0 Å². The number of aliphatic carboxylic acids is 1. The van der Waals surface area contributed by atoms with E-state index in [9.17, 15) is 9.59 Å². The van der Waals surface area contributed by atoms with Crippen molar-refractivity contribution >= 4 is 11.9 Å². The second kappa shape index (κ2) is 5.25. The molecule has 2 aliphatic rings. The zero-order valence-corrected chi connectivity index (χ0v) is 11.2. The Kier molecular flexibility index (Phi) is 3.44. The lowest BCUT2D eigenvalue weighted by Crippen LogP contribution is -2.48. The molecule has 1 aromatic rings. The van der Waals surface area contributed by atoms with E-state index in [4.69, 9.17) is 9.84 Å². The summed E-state index contributed by atoms with van der Waals surface area (Å²) in [5, 5.41) is 8.97. The number of carbonyl (C=O) groups excluding carboxylic acids is 1. The van der Waals surface area contributed by atoms with Gasteiger partial charge in [0.15, 0.2) is 6.10 Å². The van der Waals surface area contributed by atoms with Crippen molar-refractivity contribution in [2.75, 3.05) is 19.7 Å². The fourth-order valence-electron chi connectivity index (χ4n) is 2.87. The second-order valence-corrected chi connectivity index (χ2v) is 5.29. The molecule has 0 aromatic heterocycles. The van der Waals surface area contributed by atoms with Gasteiger partial charge in [0.1, 0.15) is 0 Å². The van der Waals surface area contributed by atoms with Gasteiger partial charge >= 0.3 is 5.97 Å². The van der Waals surface area contributed by atoms with Crippen molar-refractivity contribution < 1.29 is 19.4 Å². The summed E-state index contributed by atoms with van der Waals surface area (Å²) in [4.78, 5) is 25.0. The highest BCUT2D eigenvalue weighted by Gasteiger charge is 2.29. The summed E-state index contributed by atoms with van der Waals surface area (Å²) < 4.78 is 5.14. The van der Waals surface area contributed by atoms with Gasteiger partial charge in [-0.15, -0.1) is 0 Å². The first-order valence-electron chi connectivity index (χ1n) is 6.90. The first-order chi connectivity index (χ1) is 9.65. The number of carboxylic acid groups (broad SMARTS) is 1. The number of carboxylic acids is 1. The van der Waals surface area contributed by atoms with Gasteiger partial charge in [0.05, 0.1) is 13.2 Å². The molecule has 3 rings (SSSR count). The average Bonchev–Trinajstić information content (AvgIpc) is 2.94. The molecule has 1 aliphatic heterocycles. The minimum atomic E-state index is -1.02. The summed E-state index contributed by atoms with van der Waals surface area (Å²) in [7, 11) is 0. The van der Waals surface area contributed by atoms with Gasteiger partial charge in [-0.25, -0.2) is 4.79 Å².